The average molecular weight is 539 g/mol. The molecule has 1 N–H and O–H groups in total. The van der Waals surface area contributed by atoms with Crippen molar-refractivity contribution in [1.82, 2.24) is 10.2 Å². The summed E-state index contributed by atoms with van der Waals surface area (Å²) >= 11 is 3.35. The van der Waals surface area contributed by atoms with Crippen LogP contribution in [0.2, 0.25) is 0 Å². The van der Waals surface area contributed by atoms with Gasteiger partial charge in [0, 0.05) is 17.1 Å². The largest absolute Gasteiger partial charge is 0.352 e. The summed E-state index contributed by atoms with van der Waals surface area (Å²) in [6.45, 7) is 5.47. The summed E-state index contributed by atoms with van der Waals surface area (Å²) in [4.78, 5) is 27.9. The van der Waals surface area contributed by atoms with Gasteiger partial charge in [-0.15, -0.1) is 0 Å². The number of hydrogen-bond acceptors (Lipinski definition) is 4. The highest BCUT2D eigenvalue weighted by molar-refractivity contribution is 9.10. The van der Waals surface area contributed by atoms with Crippen molar-refractivity contribution >= 4 is 43.5 Å². The Balaban J connectivity index is 2.36. The normalized spacial score (nSPS) is 12.3. The molecule has 2 aromatic carbocycles. The van der Waals surface area contributed by atoms with Gasteiger partial charge in [-0.25, -0.2) is 8.42 Å². The van der Waals surface area contributed by atoms with Gasteiger partial charge in [-0.1, -0.05) is 59.3 Å². The Labute approximate surface area is 205 Å². The molecule has 9 heteroatoms. The minimum atomic E-state index is -3.74. The average Bonchev–Trinajstić information content (AvgIpc) is 2.74. The third-order valence-corrected chi connectivity index (χ3v) is 6.71. The first-order valence-corrected chi connectivity index (χ1v) is 13.5. The molecule has 0 spiro atoms. The van der Waals surface area contributed by atoms with Gasteiger partial charge in [0.15, 0.2) is 0 Å². The molecule has 2 rings (SSSR count). The van der Waals surface area contributed by atoms with Crippen LogP contribution in [0, 0.1) is 0 Å². The minimum absolute atomic E-state index is 0.0770. The highest BCUT2D eigenvalue weighted by Gasteiger charge is 2.31. The predicted molar refractivity (Wildman–Crippen MR) is 136 cm³/mol. The molecule has 7 nitrogen and oxygen atoms in total. The van der Waals surface area contributed by atoms with E-state index in [1.807, 2.05) is 51.1 Å². The molecular formula is C24H32BrN3O4S. The molecule has 0 heterocycles. The molecule has 1 atom stereocenters. The summed E-state index contributed by atoms with van der Waals surface area (Å²) in [6, 6.07) is 15.7. The van der Waals surface area contributed by atoms with E-state index in [0.717, 1.165) is 16.1 Å². The van der Waals surface area contributed by atoms with Crippen LogP contribution in [-0.2, 0) is 26.0 Å². The maximum Gasteiger partial charge on any atom is 0.244 e. The first-order chi connectivity index (χ1) is 15.5. The van der Waals surface area contributed by atoms with Crippen molar-refractivity contribution in [1.29, 1.82) is 0 Å². The summed E-state index contributed by atoms with van der Waals surface area (Å²) in [5.41, 5.74) is 1.41. The van der Waals surface area contributed by atoms with Gasteiger partial charge in [0.05, 0.1) is 11.9 Å². The second kappa shape index (κ2) is 12.2. The number of halogens is 1. The SMILES string of the molecule is CC[C@H](C(=O)NC(C)C)N(CCc1ccccc1)C(=O)CN(c1cccc(Br)c1)S(C)(=O)=O. The lowest BCUT2D eigenvalue weighted by Gasteiger charge is -2.33. The van der Waals surface area contributed by atoms with Crippen LogP contribution in [0.1, 0.15) is 32.8 Å². The fraction of sp³-hybridized carbons (Fsp3) is 0.417. The number of benzene rings is 2. The number of sulfonamides is 1. The minimum Gasteiger partial charge on any atom is -0.352 e. The molecule has 0 bridgehead atoms. The van der Waals surface area contributed by atoms with Crippen molar-refractivity contribution < 1.29 is 18.0 Å². The van der Waals surface area contributed by atoms with Crippen LogP contribution in [0.5, 0.6) is 0 Å². The fourth-order valence-corrected chi connectivity index (χ4v) is 4.75. The van der Waals surface area contributed by atoms with Crippen molar-refractivity contribution in [3.8, 4) is 0 Å². The zero-order valence-corrected chi connectivity index (χ0v) is 21.9. The molecular weight excluding hydrogens is 506 g/mol. The molecule has 0 aliphatic rings. The van der Waals surface area contributed by atoms with E-state index in [9.17, 15) is 18.0 Å². The lowest BCUT2D eigenvalue weighted by atomic mass is 10.1. The number of anilines is 1. The molecule has 0 aliphatic carbocycles. The summed E-state index contributed by atoms with van der Waals surface area (Å²) < 4.78 is 26.9. The Bertz CT molecular complexity index is 1040. The lowest BCUT2D eigenvalue weighted by Crippen LogP contribution is -2.54. The van der Waals surface area contributed by atoms with E-state index in [-0.39, 0.29) is 11.9 Å². The van der Waals surface area contributed by atoms with Gasteiger partial charge in [0.25, 0.3) is 0 Å². The topological polar surface area (TPSA) is 86.8 Å². The van der Waals surface area contributed by atoms with E-state index in [1.54, 1.807) is 24.3 Å². The van der Waals surface area contributed by atoms with Crippen LogP contribution >= 0.6 is 15.9 Å². The smallest absolute Gasteiger partial charge is 0.244 e. The number of amides is 2. The zero-order chi connectivity index (χ0) is 24.6. The third-order valence-electron chi connectivity index (χ3n) is 5.08. The molecule has 0 aromatic heterocycles. The summed E-state index contributed by atoms with van der Waals surface area (Å²) in [5, 5.41) is 2.88. The van der Waals surface area contributed by atoms with E-state index < -0.39 is 28.5 Å². The summed E-state index contributed by atoms with van der Waals surface area (Å²) in [6.07, 6.45) is 2.03. The Morgan fingerprint density at radius 3 is 2.27 bits per heavy atom. The first kappa shape index (κ1) is 26.9. The van der Waals surface area contributed by atoms with Gasteiger partial charge in [0.1, 0.15) is 12.6 Å². The molecule has 0 saturated carbocycles. The number of hydrogen-bond donors (Lipinski definition) is 1. The van der Waals surface area contributed by atoms with E-state index >= 15 is 0 Å². The number of nitrogens with one attached hydrogen (secondary N) is 1. The Hall–Kier alpha value is -2.39. The van der Waals surface area contributed by atoms with Crippen LogP contribution in [-0.4, -0.2) is 56.6 Å². The van der Waals surface area contributed by atoms with Crippen LogP contribution < -0.4 is 9.62 Å². The Kier molecular flexibility index (Phi) is 9.91. The van der Waals surface area contributed by atoms with Crippen LogP contribution in [0.25, 0.3) is 0 Å². The number of carbonyl (C=O) groups excluding carboxylic acids is 2. The molecule has 33 heavy (non-hydrogen) atoms. The van der Waals surface area contributed by atoms with Gasteiger partial charge < -0.3 is 10.2 Å². The highest BCUT2D eigenvalue weighted by atomic mass is 79.9. The van der Waals surface area contributed by atoms with Gasteiger partial charge in [0.2, 0.25) is 21.8 Å². The van der Waals surface area contributed by atoms with Crippen LogP contribution in [0.3, 0.4) is 0 Å². The predicted octanol–water partition coefficient (Wildman–Crippen LogP) is 3.59. The molecule has 0 saturated heterocycles. The molecule has 0 unspecified atom stereocenters. The maximum atomic E-state index is 13.5. The molecule has 2 aromatic rings. The number of carbonyl (C=O) groups is 2. The molecule has 2 amide bonds. The number of nitrogens with zero attached hydrogens (tertiary/aromatic N) is 2. The van der Waals surface area contributed by atoms with Gasteiger partial charge >= 0.3 is 0 Å². The van der Waals surface area contributed by atoms with Crippen molar-refractivity contribution in [2.45, 2.75) is 45.7 Å². The first-order valence-electron chi connectivity index (χ1n) is 10.9. The monoisotopic (exact) mass is 537 g/mol. The summed E-state index contributed by atoms with van der Waals surface area (Å²) in [5.74, 6) is -0.677. The van der Waals surface area contributed by atoms with Crippen molar-refractivity contribution in [2.75, 3.05) is 23.7 Å². The standard InChI is InChI=1S/C24H32BrN3O4S/c1-5-22(24(30)26-18(2)3)27(15-14-19-10-7-6-8-11-19)23(29)17-28(33(4,31)32)21-13-9-12-20(25)16-21/h6-13,16,18,22H,5,14-15,17H2,1-4H3,(H,26,30)/t22-/m1/s1. The zero-order valence-electron chi connectivity index (χ0n) is 19.5. The third kappa shape index (κ3) is 8.16. The molecule has 180 valence electrons. The van der Waals surface area contributed by atoms with E-state index in [0.29, 0.717) is 29.5 Å². The Morgan fingerprint density at radius 2 is 1.73 bits per heavy atom. The van der Waals surface area contributed by atoms with Gasteiger partial charge in [-0.2, -0.15) is 0 Å². The van der Waals surface area contributed by atoms with Crippen molar-refractivity contribution in [3.05, 3.63) is 64.6 Å². The van der Waals surface area contributed by atoms with Gasteiger partial charge in [-0.05, 0) is 50.5 Å². The summed E-state index contributed by atoms with van der Waals surface area (Å²) in [7, 11) is -3.74. The fourth-order valence-electron chi connectivity index (χ4n) is 3.52. The number of rotatable bonds is 11. The highest BCUT2D eigenvalue weighted by Crippen LogP contribution is 2.23. The van der Waals surface area contributed by atoms with Crippen LogP contribution in [0.15, 0.2) is 59.1 Å². The molecule has 0 aliphatic heterocycles. The van der Waals surface area contributed by atoms with E-state index in [4.69, 9.17) is 0 Å². The second-order valence-electron chi connectivity index (χ2n) is 8.16. The van der Waals surface area contributed by atoms with Crippen LogP contribution in [0.4, 0.5) is 5.69 Å². The second-order valence-corrected chi connectivity index (χ2v) is 11.0. The van der Waals surface area contributed by atoms with E-state index in [1.165, 1.54) is 4.90 Å². The maximum absolute atomic E-state index is 13.5. The van der Waals surface area contributed by atoms with Gasteiger partial charge in [-0.3, -0.25) is 13.9 Å². The Morgan fingerprint density at radius 1 is 1.06 bits per heavy atom. The quantitative estimate of drug-likeness (QED) is 0.474. The van der Waals surface area contributed by atoms with Crippen molar-refractivity contribution in [3.63, 3.8) is 0 Å². The van der Waals surface area contributed by atoms with E-state index in [2.05, 4.69) is 21.2 Å². The lowest BCUT2D eigenvalue weighted by molar-refractivity contribution is -0.139. The molecule has 0 radical (unpaired) electrons. The molecule has 0 fully saturated rings. The van der Waals surface area contributed by atoms with Crippen molar-refractivity contribution in [2.24, 2.45) is 0 Å².